The minimum Gasteiger partial charge on any atom is -0.382 e. The van der Waals surface area contributed by atoms with Crippen molar-refractivity contribution in [3.8, 4) is 0 Å². The molecule has 3 saturated carbocycles. The molecule has 0 unspecified atom stereocenters. The SMILES string of the molecule is CC(=O)[C@@]1(O)CC[C@H]2[C@@H]3CCC4=CC(=O)CC[C@]4(C)[C@@H]3CC[C@@]21C. The molecule has 3 nitrogen and oxygen atoms in total. The standard InChI is InChI=1S/C21H30O3/c1-13(22)21(24)11-8-18-16-5-4-14-12-15(23)6-9-19(14,2)17(16)7-10-20(18,21)3/h12,16-18,24H,4-11H2,1-3H3/t16-,17-,18+,19+,20+,21+/m1/s1. The van der Waals surface area contributed by atoms with Gasteiger partial charge in [-0.1, -0.05) is 19.4 Å². The molecule has 4 aliphatic carbocycles. The molecule has 4 rings (SSSR count). The second-order valence-corrected chi connectivity index (χ2v) is 9.38. The van der Waals surface area contributed by atoms with Gasteiger partial charge in [-0.05, 0) is 81.1 Å². The van der Waals surface area contributed by atoms with Crippen LogP contribution in [0, 0.1) is 28.6 Å². The average molecular weight is 330 g/mol. The van der Waals surface area contributed by atoms with Gasteiger partial charge in [0.25, 0.3) is 0 Å². The first-order valence-electron chi connectivity index (χ1n) is 9.70. The molecule has 0 saturated heterocycles. The van der Waals surface area contributed by atoms with E-state index in [1.54, 1.807) is 6.92 Å². The highest BCUT2D eigenvalue weighted by Crippen LogP contribution is 2.67. The molecule has 3 heteroatoms. The number of aliphatic hydroxyl groups is 1. The molecule has 1 N–H and O–H groups in total. The van der Waals surface area contributed by atoms with Crippen molar-refractivity contribution in [2.75, 3.05) is 0 Å². The van der Waals surface area contributed by atoms with E-state index in [2.05, 4.69) is 13.8 Å². The molecule has 0 heterocycles. The van der Waals surface area contributed by atoms with Crippen molar-refractivity contribution in [3.05, 3.63) is 11.6 Å². The van der Waals surface area contributed by atoms with Crippen LogP contribution in [0.1, 0.15) is 72.1 Å². The van der Waals surface area contributed by atoms with E-state index < -0.39 is 5.60 Å². The maximum atomic E-state index is 12.2. The van der Waals surface area contributed by atoms with Gasteiger partial charge in [0, 0.05) is 11.8 Å². The largest absolute Gasteiger partial charge is 0.382 e. The van der Waals surface area contributed by atoms with Crippen LogP contribution in [-0.2, 0) is 9.59 Å². The summed E-state index contributed by atoms with van der Waals surface area (Å²) in [6.07, 6.45) is 9.37. The molecule has 6 atom stereocenters. The smallest absolute Gasteiger partial charge is 0.161 e. The molecule has 0 amide bonds. The highest BCUT2D eigenvalue weighted by molar-refractivity contribution is 5.91. The van der Waals surface area contributed by atoms with Gasteiger partial charge in [-0.3, -0.25) is 9.59 Å². The Morgan fingerprint density at radius 1 is 1.08 bits per heavy atom. The van der Waals surface area contributed by atoms with Crippen molar-refractivity contribution in [1.82, 2.24) is 0 Å². The number of rotatable bonds is 1. The molecule has 0 aromatic rings. The summed E-state index contributed by atoms with van der Waals surface area (Å²) in [4.78, 5) is 24.1. The third-order valence-corrected chi connectivity index (χ3v) is 8.70. The molecule has 0 aromatic heterocycles. The molecular formula is C21H30O3. The van der Waals surface area contributed by atoms with Gasteiger partial charge in [0.05, 0.1) is 0 Å². The van der Waals surface area contributed by atoms with E-state index in [-0.39, 0.29) is 16.6 Å². The van der Waals surface area contributed by atoms with Crippen LogP contribution >= 0.6 is 0 Å². The Kier molecular flexibility index (Phi) is 3.46. The predicted molar refractivity (Wildman–Crippen MR) is 92.3 cm³/mol. The van der Waals surface area contributed by atoms with Gasteiger partial charge >= 0.3 is 0 Å². The van der Waals surface area contributed by atoms with Crippen molar-refractivity contribution < 1.29 is 14.7 Å². The number of hydrogen-bond donors (Lipinski definition) is 1. The monoisotopic (exact) mass is 330 g/mol. The van der Waals surface area contributed by atoms with Crippen molar-refractivity contribution in [1.29, 1.82) is 0 Å². The number of carbonyl (C=O) groups excluding carboxylic acids is 2. The number of allylic oxidation sites excluding steroid dienone is 1. The van der Waals surface area contributed by atoms with Gasteiger partial charge in [0.15, 0.2) is 11.6 Å². The highest BCUT2D eigenvalue weighted by atomic mass is 16.3. The van der Waals surface area contributed by atoms with E-state index in [1.165, 1.54) is 5.57 Å². The minimum atomic E-state index is -1.12. The summed E-state index contributed by atoms with van der Waals surface area (Å²) in [6, 6.07) is 0. The Morgan fingerprint density at radius 3 is 2.50 bits per heavy atom. The average Bonchev–Trinajstić information content (AvgIpc) is 2.81. The molecule has 4 aliphatic rings. The number of carbonyl (C=O) groups is 2. The zero-order valence-electron chi connectivity index (χ0n) is 15.2. The van der Waals surface area contributed by atoms with Crippen LogP contribution in [0.15, 0.2) is 11.6 Å². The zero-order valence-corrected chi connectivity index (χ0v) is 15.2. The molecule has 0 aliphatic heterocycles. The van der Waals surface area contributed by atoms with Crippen molar-refractivity contribution >= 4 is 11.6 Å². The zero-order chi connectivity index (χ0) is 17.3. The fourth-order valence-electron chi connectivity index (χ4n) is 7.15. The van der Waals surface area contributed by atoms with E-state index in [0.717, 1.165) is 38.5 Å². The summed E-state index contributed by atoms with van der Waals surface area (Å²) in [5, 5.41) is 11.1. The third kappa shape index (κ3) is 1.88. The lowest BCUT2D eigenvalue weighted by Gasteiger charge is -2.58. The third-order valence-electron chi connectivity index (χ3n) is 8.70. The lowest BCUT2D eigenvalue weighted by Crippen LogP contribution is -2.57. The lowest BCUT2D eigenvalue weighted by atomic mass is 9.46. The highest BCUT2D eigenvalue weighted by Gasteiger charge is 2.65. The fourth-order valence-corrected chi connectivity index (χ4v) is 7.15. The van der Waals surface area contributed by atoms with E-state index in [4.69, 9.17) is 0 Å². The first kappa shape index (κ1) is 16.5. The van der Waals surface area contributed by atoms with Gasteiger partial charge in [0.2, 0.25) is 0 Å². The summed E-state index contributed by atoms with van der Waals surface area (Å²) in [5.41, 5.74) is 0.155. The van der Waals surface area contributed by atoms with Crippen molar-refractivity contribution in [2.24, 2.45) is 28.6 Å². The van der Waals surface area contributed by atoms with Gasteiger partial charge in [-0.2, -0.15) is 0 Å². The summed E-state index contributed by atoms with van der Waals surface area (Å²) in [7, 11) is 0. The Bertz CT molecular complexity index is 635. The number of fused-ring (bicyclic) bond motifs is 5. The van der Waals surface area contributed by atoms with Crippen LogP contribution in [0.3, 0.4) is 0 Å². The molecule has 0 bridgehead atoms. The molecule has 132 valence electrons. The predicted octanol–water partition coefficient (Wildman–Crippen LogP) is 3.84. The summed E-state index contributed by atoms with van der Waals surface area (Å²) >= 11 is 0. The normalized spacial score (nSPS) is 50.6. The van der Waals surface area contributed by atoms with Crippen molar-refractivity contribution in [3.63, 3.8) is 0 Å². The maximum Gasteiger partial charge on any atom is 0.161 e. The van der Waals surface area contributed by atoms with Gasteiger partial charge in [-0.15, -0.1) is 0 Å². The molecule has 0 aromatic carbocycles. The van der Waals surface area contributed by atoms with Gasteiger partial charge < -0.3 is 5.11 Å². The second-order valence-electron chi connectivity index (χ2n) is 9.38. The van der Waals surface area contributed by atoms with E-state index in [1.807, 2.05) is 6.08 Å². The van der Waals surface area contributed by atoms with Crippen LogP contribution in [0.5, 0.6) is 0 Å². The van der Waals surface area contributed by atoms with Crippen LogP contribution in [0.2, 0.25) is 0 Å². The van der Waals surface area contributed by atoms with Crippen molar-refractivity contribution in [2.45, 2.75) is 77.7 Å². The van der Waals surface area contributed by atoms with Crippen LogP contribution in [0.4, 0.5) is 0 Å². The maximum absolute atomic E-state index is 12.2. The Balaban J connectivity index is 1.70. The second kappa shape index (κ2) is 5.03. The molecule has 0 spiro atoms. The summed E-state index contributed by atoms with van der Waals surface area (Å²) in [6.45, 7) is 6.10. The quantitative estimate of drug-likeness (QED) is 0.795. The minimum absolute atomic E-state index is 0.0446. The fraction of sp³-hybridized carbons (Fsp3) is 0.810. The first-order valence-corrected chi connectivity index (χ1v) is 9.70. The Morgan fingerprint density at radius 2 is 1.79 bits per heavy atom. The number of ketones is 2. The first-order chi connectivity index (χ1) is 11.2. The van der Waals surface area contributed by atoms with E-state index in [0.29, 0.717) is 36.4 Å². The topological polar surface area (TPSA) is 54.4 Å². The van der Waals surface area contributed by atoms with Gasteiger partial charge in [-0.25, -0.2) is 0 Å². The van der Waals surface area contributed by atoms with Crippen LogP contribution in [0.25, 0.3) is 0 Å². The Hall–Kier alpha value is -0.960. The molecule has 3 fully saturated rings. The van der Waals surface area contributed by atoms with Crippen LogP contribution < -0.4 is 0 Å². The molecule has 24 heavy (non-hydrogen) atoms. The number of hydrogen-bond acceptors (Lipinski definition) is 3. The van der Waals surface area contributed by atoms with Gasteiger partial charge in [0.1, 0.15) is 5.60 Å². The molecular weight excluding hydrogens is 300 g/mol. The van der Waals surface area contributed by atoms with E-state index >= 15 is 0 Å². The summed E-state index contributed by atoms with van der Waals surface area (Å²) < 4.78 is 0. The number of Topliss-reactive ketones (excluding diaryl/α,β-unsaturated/α-hetero) is 1. The Labute approximate surface area is 144 Å². The molecule has 0 radical (unpaired) electrons. The van der Waals surface area contributed by atoms with Crippen LogP contribution in [-0.4, -0.2) is 22.3 Å². The lowest BCUT2D eigenvalue weighted by molar-refractivity contribution is -0.160. The van der Waals surface area contributed by atoms with E-state index in [9.17, 15) is 14.7 Å². The summed E-state index contributed by atoms with van der Waals surface area (Å²) in [5.74, 6) is 1.90.